The highest BCUT2D eigenvalue weighted by molar-refractivity contribution is 6.34. The molecule has 0 unspecified atom stereocenters. The van der Waals surface area contributed by atoms with E-state index in [4.69, 9.17) is 55.7 Å². The van der Waals surface area contributed by atoms with E-state index in [0.717, 1.165) is 88.8 Å². The number of benzene rings is 4. The Labute approximate surface area is 467 Å². The molecule has 0 bridgehead atoms. The third-order valence-corrected chi connectivity index (χ3v) is 13.0. The predicted octanol–water partition coefficient (Wildman–Crippen LogP) is 11.7. The molecule has 77 heavy (non-hydrogen) atoms. The van der Waals surface area contributed by atoms with Gasteiger partial charge in [-0.05, 0) is 142 Å². The van der Waals surface area contributed by atoms with Crippen LogP contribution in [0.25, 0.3) is 21.5 Å². The van der Waals surface area contributed by atoms with Crippen molar-refractivity contribution in [2.45, 2.75) is 51.6 Å². The molecule has 4 aromatic carbocycles. The number of aromatic nitrogens is 4. The number of nitrogens with two attached hydrogens (primary N) is 2. The molecule has 0 aliphatic carbocycles. The van der Waals surface area contributed by atoms with Gasteiger partial charge in [0.25, 0.3) is 0 Å². The Morgan fingerprint density at radius 1 is 0.571 bits per heavy atom. The van der Waals surface area contributed by atoms with Crippen molar-refractivity contribution in [3.63, 3.8) is 0 Å². The summed E-state index contributed by atoms with van der Waals surface area (Å²) in [6, 6.07) is 35.2. The van der Waals surface area contributed by atoms with Gasteiger partial charge >= 0.3 is 0 Å². The highest BCUT2D eigenvalue weighted by Crippen LogP contribution is 2.27. The third-order valence-electron chi connectivity index (χ3n) is 12.2. The number of ether oxygens (including phenoxy) is 2. The van der Waals surface area contributed by atoms with E-state index in [-0.39, 0.29) is 16.7 Å². The smallest absolute Gasteiger partial charge is 0.166 e. The first-order chi connectivity index (χ1) is 37.1. The lowest BCUT2D eigenvalue weighted by Crippen LogP contribution is -2.21. The summed E-state index contributed by atoms with van der Waals surface area (Å²) in [5.74, 6) is 3.32. The summed E-state index contributed by atoms with van der Waals surface area (Å²) in [5, 5.41) is 7.97. The number of aryl methyl sites for hydroxylation is 2. The van der Waals surface area contributed by atoms with E-state index in [1.807, 2.05) is 97.9 Å². The number of nitrogen functional groups attached to an aromatic ring is 2. The van der Waals surface area contributed by atoms with E-state index in [2.05, 4.69) is 81.4 Å². The van der Waals surface area contributed by atoms with E-state index in [1.165, 1.54) is 11.8 Å². The SMILES string of the molecule is CN(C)CCCOc1cccc(CN(C)c2ncc(Cl)cc2C(=O)CCc2ccc3c(N)nccc3c2)c1.CNCc1cccc(OCCCN(C)C)c1.Nc1nccc2cc(CCC(=O)c3cc(Cl)cnc3Cl)ccc12. The Hall–Kier alpha value is -6.91. The number of nitrogens with one attached hydrogen (secondary N) is 1. The second-order valence-corrected chi connectivity index (χ2v) is 20.3. The van der Waals surface area contributed by atoms with E-state index in [9.17, 15) is 9.59 Å². The van der Waals surface area contributed by atoms with Crippen LogP contribution in [0.1, 0.15) is 68.7 Å². The second-order valence-electron chi connectivity index (χ2n) is 19.1. The average molecular weight is 1100 g/mol. The maximum Gasteiger partial charge on any atom is 0.166 e. The number of Topliss-reactive ketones (excluding diaryl/α,β-unsaturated/α-hetero) is 2. The summed E-state index contributed by atoms with van der Waals surface area (Å²) < 4.78 is 11.6. The highest BCUT2D eigenvalue weighted by Gasteiger charge is 2.18. The van der Waals surface area contributed by atoms with Crippen molar-refractivity contribution >= 4 is 85.4 Å². The highest BCUT2D eigenvalue weighted by atomic mass is 35.5. The van der Waals surface area contributed by atoms with Gasteiger partial charge in [-0.1, -0.05) is 95.5 Å². The molecule has 0 aliphatic rings. The van der Waals surface area contributed by atoms with Gasteiger partial charge in [-0.3, -0.25) is 9.59 Å². The number of carbonyl (C=O) groups excluding carboxylic acids is 2. The van der Waals surface area contributed by atoms with E-state index < -0.39 is 0 Å². The van der Waals surface area contributed by atoms with Gasteiger partial charge in [0.05, 0.1) is 34.4 Å². The van der Waals surface area contributed by atoms with Gasteiger partial charge in [0, 0.05) is 81.6 Å². The first kappa shape index (κ1) is 59.3. The zero-order chi connectivity index (χ0) is 55.3. The summed E-state index contributed by atoms with van der Waals surface area (Å²) in [4.78, 5) is 48.5. The predicted molar refractivity (Wildman–Crippen MR) is 316 cm³/mol. The van der Waals surface area contributed by atoms with Gasteiger partial charge in [0.15, 0.2) is 11.6 Å². The summed E-state index contributed by atoms with van der Waals surface area (Å²) >= 11 is 18.1. The zero-order valence-electron chi connectivity index (χ0n) is 44.7. The molecule has 404 valence electrons. The van der Waals surface area contributed by atoms with Crippen molar-refractivity contribution in [3.05, 3.63) is 183 Å². The number of carbonyl (C=O) groups is 2. The molecule has 4 aromatic heterocycles. The topological polar surface area (TPSA) is 178 Å². The number of halogens is 3. The molecule has 0 radical (unpaired) electrons. The molecule has 0 saturated carbocycles. The van der Waals surface area contributed by atoms with Crippen LogP contribution in [0.3, 0.4) is 0 Å². The number of ketones is 2. The van der Waals surface area contributed by atoms with Gasteiger partial charge in [-0.2, -0.15) is 0 Å². The first-order valence-corrected chi connectivity index (χ1v) is 26.6. The molecule has 0 saturated heterocycles. The fourth-order valence-corrected chi connectivity index (χ4v) is 8.86. The van der Waals surface area contributed by atoms with Gasteiger partial charge in [-0.25, -0.2) is 19.9 Å². The number of hydrogen-bond donors (Lipinski definition) is 3. The summed E-state index contributed by atoms with van der Waals surface area (Å²) in [7, 11) is 12.1. The van der Waals surface area contributed by atoms with Gasteiger partial charge in [0.2, 0.25) is 0 Å². The molecule has 8 rings (SSSR count). The van der Waals surface area contributed by atoms with E-state index >= 15 is 0 Å². The van der Waals surface area contributed by atoms with Gasteiger partial charge < -0.3 is 41.0 Å². The maximum atomic E-state index is 13.3. The summed E-state index contributed by atoms with van der Waals surface area (Å²) in [5.41, 5.74) is 17.1. The molecule has 5 N–H and O–H groups in total. The molecule has 0 fully saturated rings. The van der Waals surface area contributed by atoms with Gasteiger partial charge in [-0.15, -0.1) is 0 Å². The normalized spacial score (nSPS) is 11.0. The molecular weight excluding hydrogens is 1030 g/mol. The number of pyridine rings is 4. The zero-order valence-corrected chi connectivity index (χ0v) is 47.0. The van der Waals surface area contributed by atoms with Crippen molar-refractivity contribution in [3.8, 4) is 11.5 Å². The number of nitrogens with zero attached hydrogens (tertiary/aromatic N) is 7. The Kier molecular flexibility index (Phi) is 23.2. The van der Waals surface area contributed by atoms with Crippen LogP contribution in [0.15, 0.2) is 134 Å². The Bertz CT molecular complexity index is 3210. The standard InChI is InChI=1S/C30H34ClN5O2.C17H13Cl2N3O.C13H22N2O/c1-35(2)14-5-15-38-25-7-4-6-22(17-25)20-36(3)30-27(18-24(31)19-34-30)28(37)11-9-21-8-10-26-23(16-21)12-13-33-29(26)32;18-12-8-14(16(19)22-9-12)15(23)4-2-10-1-3-13-11(7-10)5-6-21-17(13)20;1-14-11-12-6-4-7-13(10-12)16-9-5-8-15(2)3/h4,6-8,10,12-13,16-19H,5,9,11,14-15,20H2,1-3H3,(H2,32,33);1,3,5-9H,2,4H2,(H2,20,21);4,6-7,10,14H,5,8-9,11H2,1-3H3. The molecule has 0 amide bonds. The maximum absolute atomic E-state index is 13.3. The van der Waals surface area contributed by atoms with E-state index in [1.54, 1.807) is 30.7 Å². The Balaban J connectivity index is 0.000000208. The van der Waals surface area contributed by atoms with Crippen molar-refractivity contribution in [1.29, 1.82) is 0 Å². The van der Waals surface area contributed by atoms with E-state index in [0.29, 0.717) is 77.5 Å². The lowest BCUT2D eigenvalue weighted by Gasteiger charge is -2.21. The monoisotopic (exact) mass is 1100 g/mol. The number of fused-ring (bicyclic) bond motifs is 2. The van der Waals surface area contributed by atoms with Crippen LogP contribution >= 0.6 is 34.8 Å². The van der Waals surface area contributed by atoms with Crippen LogP contribution in [0.2, 0.25) is 15.2 Å². The minimum absolute atomic E-state index is 0.00540. The minimum atomic E-state index is -0.0839. The number of rotatable bonds is 23. The van der Waals surface area contributed by atoms with Crippen LogP contribution in [0, 0.1) is 0 Å². The molecule has 0 atom stereocenters. The summed E-state index contributed by atoms with van der Waals surface area (Å²) in [6.07, 6.45) is 10.2. The molecule has 8 aromatic rings. The van der Waals surface area contributed by atoms with Crippen LogP contribution in [0.5, 0.6) is 11.5 Å². The summed E-state index contributed by atoms with van der Waals surface area (Å²) in [6.45, 7) is 4.95. The minimum Gasteiger partial charge on any atom is -0.494 e. The third kappa shape index (κ3) is 19.0. The molecule has 0 spiro atoms. The first-order valence-electron chi connectivity index (χ1n) is 25.4. The second kappa shape index (κ2) is 30.1. The van der Waals surface area contributed by atoms with Crippen LogP contribution in [-0.2, 0) is 25.9 Å². The lowest BCUT2D eigenvalue weighted by atomic mass is 10.0. The number of anilines is 3. The molecular formula is C60H69Cl3N10O4. The van der Waals surface area contributed by atoms with Crippen LogP contribution < -0.4 is 31.2 Å². The van der Waals surface area contributed by atoms with Crippen molar-refractivity contribution < 1.29 is 19.1 Å². The average Bonchev–Trinajstić information content (AvgIpc) is 3.41. The Morgan fingerprint density at radius 3 is 1.60 bits per heavy atom. The lowest BCUT2D eigenvalue weighted by molar-refractivity contribution is 0.0975. The van der Waals surface area contributed by atoms with Crippen molar-refractivity contribution in [2.75, 3.05) is 85.0 Å². The molecule has 17 heteroatoms. The van der Waals surface area contributed by atoms with Crippen molar-refractivity contribution in [2.24, 2.45) is 0 Å². The van der Waals surface area contributed by atoms with Crippen molar-refractivity contribution in [1.82, 2.24) is 35.1 Å². The quantitative estimate of drug-likeness (QED) is 0.0313. The molecule has 14 nitrogen and oxygen atoms in total. The molecule has 4 heterocycles. The fourth-order valence-electron chi connectivity index (χ4n) is 8.33. The largest absolute Gasteiger partial charge is 0.494 e. The fraction of sp³-hybridized carbons (Fsp3) is 0.300. The van der Waals surface area contributed by atoms with Crippen LogP contribution in [0.4, 0.5) is 17.5 Å². The Morgan fingerprint density at radius 2 is 1.06 bits per heavy atom. The molecule has 0 aliphatic heterocycles. The number of hydrogen-bond acceptors (Lipinski definition) is 14. The van der Waals surface area contributed by atoms with Gasteiger partial charge in [0.1, 0.15) is 34.1 Å². The van der Waals surface area contributed by atoms with Crippen LogP contribution in [-0.4, -0.2) is 110 Å².